The van der Waals surface area contributed by atoms with Crippen molar-refractivity contribution in [3.8, 4) is 11.8 Å². The van der Waals surface area contributed by atoms with E-state index in [2.05, 4.69) is 54.2 Å². The van der Waals surface area contributed by atoms with E-state index in [1.165, 1.54) is 5.57 Å². The number of benzene rings is 1. The van der Waals surface area contributed by atoms with Crippen molar-refractivity contribution in [2.75, 3.05) is 18.4 Å². The van der Waals surface area contributed by atoms with Gasteiger partial charge in [0.2, 0.25) is 0 Å². The number of rotatable bonds is 4. The van der Waals surface area contributed by atoms with Crippen LogP contribution < -0.4 is 10.1 Å². The second-order valence-corrected chi connectivity index (χ2v) is 8.56. The molecular weight excluding hydrogens is 472 g/mol. The second kappa shape index (κ2) is 9.86. The molecule has 1 atom stereocenters. The molecule has 1 aromatic carbocycles. The number of aromatic nitrogens is 4. The van der Waals surface area contributed by atoms with Gasteiger partial charge in [-0.1, -0.05) is 30.7 Å². The van der Waals surface area contributed by atoms with Gasteiger partial charge in [-0.25, -0.2) is 19.7 Å². The molecular formula is C23H23BrN6O2. The fraction of sp³-hybridized carbons (Fsp3) is 0.261. The number of likely N-dealkylation sites (tertiary alicyclic amines) is 1. The highest BCUT2D eigenvalue weighted by molar-refractivity contribution is 9.10. The Kier molecular flexibility index (Phi) is 6.75. The third kappa shape index (κ3) is 5.67. The summed E-state index contributed by atoms with van der Waals surface area (Å²) in [6.45, 7) is 5.27. The van der Waals surface area contributed by atoms with Crippen molar-refractivity contribution < 1.29 is 9.53 Å². The first-order valence-electron chi connectivity index (χ1n) is 10.3. The molecule has 0 spiro atoms. The number of halogens is 1. The predicted octanol–water partition coefficient (Wildman–Crippen LogP) is 5.09. The van der Waals surface area contributed by atoms with Crippen LogP contribution in [0.25, 0.3) is 6.08 Å². The van der Waals surface area contributed by atoms with Crippen LogP contribution in [0.15, 0.2) is 59.1 Å². The van der Waals surface area contributed by atoms with Crippen molar-refractivity contribution in [3.05, 3.63) is 70.4 Å². The van der Waals surface area contributed by atoms with E-state index in [1.807, 2.05) is 36.1 Å². The Bertz CT molecular complexity index is 1120. The number of nitrogens with zero attached hydrogens (tertiary/aromatic N) is 5. The molecule has 32 heavy (non-hydrogen) atoms. The number of carbonyl (C=O) groups excluding carboxylic acids is 1. The monoisotopic (exact) mass is 494 g/mol. The van der Waals surface area contributed by atoms with Crippen LogP contribution in [0.2, 0.25) is 0 Å². The van der Waals surface area contributed by atoms with Gasteiger partial charge in [-0.2, -0.15) is 0 Å². The van der Waals surface area contributed by atoms with Crippen LogP contribution in [0.5, 0.6) is 11.8 Å². The van der Waals surface area contributed by atoms with Gasteiger partial charge in [0.05, 0.1) is 22.6 Å². The Labute approximate surface area is 194 Å². The van der Waals surface area contributed by atoms with Gasteiger partial charge in [-0.3, -0.25) is 10.3 Å². The molecule has 3 heterocycles. The summed E-state index contributed by atoms with van der Waals surface area (Å²) in [5, 5.41) is 2.82. The van der Waals surface area contributed by atoms with Crippen LogP contribution in [0.3, 0.4) is 0 Å². The van der Waals surface area contributed by atoms with Gasteiger partial charge >= 0.3 is 12.0 Å². The zero-order valence-electron chi connectivity index (χ0n) is 17.8. The number of amides is 2. The van der Waals surface area contributed by atoms with Gasteiger partial charge in [0.15, 0.2) is 5.82 Å². The van der Waals surface area contributed by atoms with Crippen LogP contribution in [0.1, 0.15) is 24.6 Å². The number of carbonyl (C=O) groups is 1. The molecule has 0 aliphatic carbocycles. The lowest BCUT2D eigenvalue weighted by atomic mass is 9.91. The molecule has 0 radical (unpaired) electrons. The van der Waals surface area contributed by atoms with Gasteiger partial charge in [-0.05, 0) is 52.9 Å². The molecule has 0 bridgehead atoms. The fourth-order valence-electron chi connectivity index (χ4n) is 3.43. The van der Waals surface area contributed by atoms with Crippen molar-refractivity contribution in [2.24, 2.45) is 5.92 Å². The van der Waals surface area contributed by atoms with Gasteiger partial charge in [0.25, 0.3) is 0 Å². The normalized spacial score (nSPS) is 17.3. The summed E-state index contributed by atoms with van der Waals surface area (Å²) in [7, 11) is 0. The zero-order valence-corrected chi connectivity index (χ0v) is 19.4. The van der Waals surface area contributed by atoms with Crippen molar-refractivity contribution in [1.29, 1.82) is 0 Å². The van der Waals surface area contributed by atoms with Crippen LogP contribution in [-0.4, -0.2) is 44.0 Å². The lowest BCUT2D eigenvalue weighted by Crippen LogP contribution is -2.42. The smallest absolute Gasteiger partial charge is 0.323 e. The highest BCUT2D eigenvalue weighted by Crippen LogP contribution is 2.27. The first-order chi connectivity index (χ1) is 15.5. The van der Waals surface area contributed by atoms with E-state index < -0.39 is 0 Å². The lowest BCUT2D eigenvalue weighted by Gasteiger charge is -2.33. The number of urea groups is 1. The minimum atomic E-state index is -0.154. The first kappa shape index (κ1) is 21.9. The molecule has 1 unspecified atom stereocenters. The SMILES string of the molecule is Cc1cnc(NC(=O)N2CC/C(=C\c3cccc(Oc4ncc(Br)cn4)c3)C(C)C2)cn1. The minimum Gasteiger partial charge on any atom is -0.424 e. The molecule has 1 aliphatic rings. The third-order valence-electron chi connectivity index (χ3n) is 5.12. The maximum Gasteiger partial charge on any atom is 0.323 e. The maximum atomic E-state index is 12.6. The van der Waals surface area contributed by atoms with Crippen LogP contribution in [0.4, 0.5) is 10.6 Å². The quantitative estimate of drug-likeness (QED) is 0.542. The van der Waals surface area contributed by atoms with E-state index in [1.54, 1.807) is 24.8 Å². The van der Waals surface area contributed by atoms with Gasteiger partial charge < -0.3 is 9.64 Å². The number of aryl methyl sites for hydroxylation is 1. The molecule has 1 fully saturated rings. The highest BCUT2D eigenvalue weighted by atomic mass is 79.9. The number of anilines is 1. The second-order valence-electron chi connectivity index (χ2n) is 7.65. The molecule has 1 N–H and O–H groups in total. The molecule has 3 aromatic rings. The van der Waals surface area contributed by atoms with Crippen LogP contribution in [-0.2, 0) is 0 Å². The Morgan fingerprint density at radius 1 is 1.19 bits per heavy atom. The summed E-state index contributed by atoms with van der Waals surface area (Å²) in [6.07, 6.45) is 9.46. The Hall–Kier alpha value is -3.33. The molecule has 2 aromatic heterocycles. The number of hydrogen-bond acceptors (Lipinski definition) is 6. The van der Waals surface area contributed by atoms with E-state index in [0.29, 0.717) is 30.7 Å². The van der Waals surface area contributed by atoms with Crippen LogP contribution in [0, 0.1) is 12.8 Å². The molecule has 0 saturated carbocycles. The van der Waals surface area contributed by atoms with Crippen molar-refractivity contribution in [1.82, 2.24) is 24.8 Å². The van der Waals surface area contributed by atoms with Crippen molar-refractivity contribution in [2.45, 2.75) is 20.3 Å². The fourth-order valence-corrected chi connectivity index (χ4v) is 3.64. The summed E-state index contributed by atoms with van der Waals surface area (Å²) < 4.78 is 6.55. The Balaban J connectivity index is 1.38. The number of nitrogens with one attached hydrogen (secondary N) is 1. The van der Waals surface area contributed by atoms with E-state index >= 15 is 0 Å². The highest BCUT2D eigenvalue weighted by Gasteiger charge is 2.24. The topological polar surface area (TPSA) is 93.1 Å². The standard InChI is InChI=1S/C23H23BrN6O2/c1-15-14-30(23(31)29-21-13-25-16(2)10-26-21)7-6-18(15)8-17-4-3-5-20(9-17)32-22-27-11-19(24)12-28-22/h3-5,8-13,15H,6-7,14H2,1-2H3,(H,26,29,31)/b18-8+. The molecule has 1 aliphatic heterocycles. The van der Waals surface area contributed by atoms with Gasteiger partial charge in [0.1, 0.15) is 5.75 Å². The van der Waals surface area contributed by atoms with E-state index in [9.17, 15) is 4.79 Å². The van der Waals surface area contributed by atoms with Crippen molar-refractivity contribution in [3.63, 3.8) is 0 Å². The molecule has 164 valence electrons. The Morgan fingerprint density at radius 2 is 2.00 bits per heavy atom. The minimum absolute atomic E-state index is 0.154. The van der Waals surface area contributed by atoms with E-state index in [-0.39, 0.29) is 11.9 Å². The third-order valence-corrected chi connectivity index (χ3v) is 5.53. The summed E-state index contributed by atoms with van der Waals surface area (Å²) in [6, 6.07) is 7.95. The lowest BCUT2D eigenvalue weighted by molar-refractivity contribution is 0.197. The van der Waals surface area contributed by atoms with E-state index in [4.69, 9.17) is 4.74 Å². The Morgan fingerprint density at radius 3 is 2.72 bits per heavy atom. The molecule has 1 saturated heterocycles. The van der Waals surface area contributed by atoms with Crippen LogP contribution >= 0.6 is 15.9 Å². The molecule has 8 nitrogen and oxygen atoms in total. The number of ether oxygens (including phenoxy) is 1. The predicted molar refractivity (Wildman–Crippen MR) is 125 cm³/mol. The summed E-state index contributed by atoms with van der Waals surface area (Å²) in [5.74, 6) is 1.37. The summed E-state index contributed by atoms with van der Waals surface area (Å²) >= 11 is 3.31. The summed E-state index contributed by atoms with van der Waals surface area (Å²) in [4.78, 5) is 31.1. The molecule has 2 amide bonds. The van der Waals surface area contributed by atoms with Gasteiger partial charge in [0, 0.05) is 25.5 Å². The average Bonchev–Trinajstić information content (AvgIpc) is 2.78. The molecule has 9 heteroatoms. The number of hydrogen-bond donors (Lipinski definition) is 1. The average molecular weight is 495 g/mol. The largest absolute Gasteiger partial charge is 0.424 e. The maximum absolute atomic E-state index is 12.6. The van der Waals surface area contributed by atoms with E-state index in [0.717, 1.165) is 22.2 Å². The number of piperidine rings is 1. The zero-order chi connectivity index (χ0) is 22.5. The first-order valence-corrected chi connectivity index (χ1v) is 11.1. The summed E-state index contributed by atoms with van der Waals surface area (Å²) in [5.41, 5.74) is 3.14. The molecule has 4 rings (SSSR count). The van der Waals surface area contributed by atoms with Gasteiger partial charge in [-0.15, -0.1) is 0 Å². The van der Waals surface area contributed by atoms with Crippen molar-refractivity contribution >= 4 is 33.9 Å².